The van der Waals surface area contributed by atoms with E-state index < -0.39 is 24.5 Å². The Hall–Kier alpha value is -2.78. The highest BCUT2D eigenvalue weighted by atomic mass is 19.4. The van der Waals surface area contributed by atoms with E-state index in [2.05, 4.69) is 15.2 Å². The van der Waals surface area contributed by atoms with Crippen molar-refractivity contribution < 1.29 is 28.2 Å². The fourth-order valence-corrected chi connectivity index (χ4v) is 1.84. The van der Waals surface area contributed by atoms with Crippen LogP contribution in [-0.2, 0) is 6.42 Å². The molecule has 10 heteroatoms. The second-order valence-corrected chi connectivity index (χ2v) is 4.67. The third-order valence-corrected chi connectivity index (χ3v) is 2.98. The van der Waals surface area contributed by atoms with Gasteiger partial charge in [0.05, 0.1) is 5.56 Å². The summed E-state index contributed by atoms with van der Waals surface area (Å²) in [7, 11) is 0. The number of hydrogen-bond donors (Lipinski definition) is 4. The van der Waals surface area contributed by atoms with Crippen LogP contribution in [0.1, 0.15) is 23.1 Å². The van der Waals surface area contributed by atoms with Crippen molar-refractivity contribution in [2.75, 3.05) is 6.54 Å². The molecule has 2 rings (SSSR count). The topological polar surface area (TPSA) is 111 Å². The van der Waals surface area contributed by atoms with Crippen LogP contribution >= 0.6 is 0 Å². The van der Waals surface area contributed by atoms with Crippen LogP contribution in [0, 0.1) is 0 Å². The maximum Gasteiger partial charge on any atom is 0.405 e. The monoisotopic (exact) mass is 330 g/mol. The van der Waals surface area contributed by atoms with Crippen LogP contribution < -0.4 is 5.32 Å². The van der Waals surface area contributed by atoms with Crippen molar-refractivity contribution in [1.29, 1.82) is 0 Å². The highest BCUT2D eigenvalue weighted by Gasteiger charge is 2.28. The Kier molecular flexibility index (Phi) is 4.43. The Morgan fingerprint density at radius 2 is 1.96 bits per heavy atom. The number of phenols is 2. The average Bonchev–Trinajstić information content (AvgIpc) is 2.94. The van der Waals surface area contributed by atoms with Crippen molar-refractivity contribution in [3.63, 3.8) is 0 Å². The molecule has 0 aliphatic rings. The fraction of sp³-hybridized carbons (Fsp3) is 0.308. The predicted octanol–water partition coefficient (Wildman–Crippen LogP) is 1.74. The van der Waals surface area contributed by atoms with Crippen LogP contribution in [-0.4, -0.2) is 44.0 Å². The number of halogens is 3. The second-order valence-electron chi connectivity index (χ2n) is 4.67. The van der Waals surface area contributed by atoms with E-state index in [1.807, 2.05) is 0 Å². The van der Waals surface area contributed by atoms with Crippen molar-refractivity contribution >= 4 is 5.91 Å². The molecule has 1 aromatic heterocycles. The van der Waals surface area contributed by atoms with Gasteiger partial charge in [0.15, 0.2) is 5.82 Å². The largest absolute Gasteiger partial charge is 0.508 e. The summed E-state index contributed by atoms with van der Waals surface area (Å²) in [6.45, 7) is 0.290. The molecule has 0 saturated carbocycles. The fourth-order valence-electron chi connectivity index (χ4n) is 1.84. The van der Waals surface area contributed by atoms with Gasteiger partial charge in [-0.05, 0) is 18.1 Å². The van der Waals surface area contributed by atoms with Crippen LogP contribution in [0.5, 0.6) is 11.5 Å². The third kappa shape index (κ3) is 3.90. The first-order chi connectivity index (χ1) is 10.7. The zero-order valence-electron chi connectivity index (χ0n) is 11.9. The number of benzene rings is 1. The molecule has 0 fully saturated rings. The minimum absolute atomic E-state index is 0.00522. The molecule has 2 aromatic rings. The van der Waals surface area contributed by atoms with Gasteiger partial charge in [-0.1, -0.05) is 6.92 Å². The molecule has 1 aromatic carbocycles. The summed E-state index contributed by atoms with van der Waals surface area (Å²) < 4.78 is 36.2. The first-order valence-electron chi connectivity index (χ1n) is 6.54. The average molecular weight is 330 g/mol. The molecule has 0 aliphatic carbocycles. The number of H-pyrrole nitrogens is 1. The number of alkyl halides is 3. The van der Waals surface area contributed by atoms with Gasteiger partial charge in [-0.2, -0.15) is 13.2 Å². The number of aryl methyl sites for hydroxylation is 1. The van der Waals surface area contributed by atoms with E-state index in [1.54, 1.807) is 12.2 Å². The third-order valence-electron chi connectivity index (χ3n) is 2.98. The van der Waals surface area contributed by atoms with Gasteiger partial charge in [-0.15, -0.1) is 10.2 Å². The minimum atomic E-state index is -4.54. The number of hydrogen-bond acceptors (Lipinski definition) is 5. The van der Waals surface area contributed by atoms with Crippen molar-refractivity contribution in [3.05, 3.63) is 23.5 Å². The number of amides is 1. The molecule has 0 unspecified atom stereocenters. The number of aromatic hydroxyl groups is 2. The van der Waals surface area contributed by atoms with E-state index in [9.17, 15) is 28.2 Å². The Labute approximate surface area is 128 Å². The summed E-state index contributed by atoms with van der Waals surface area (Å²) in [5.74, 6) is -1.91. The van der Waals surface area contributed by atoms with E-state index in [0.29, 0.717) is 12.0 Å². The predicted molar refractivity (Wildman–Crippen MR) is 72.9 cm³/mol. The van der Waals surface area contributed by atoms with E-state index in [-0.39, 0.29) is 22.9 Å². The van der Waals surface area contributed by atoms with E-state index in [1.165, 1.54) is 6.07 Å². The summed E-state index contributed by atoms with van der Waals surface area (Å²) in [6, 6.07) is 2.56. The van der Waals surface area contributed by atoms with Crippen LogP contribution in [0.15, 0.2) is 12.1 Å². The van der Waals surface area contributed by atoms with Gasteiger partial charge in [0.2, 0.25) is 5.82 Å². The number of nitrogens with zero attached hydrogens (tertiary/aromatic N) is 2. The molecule has 23 heavy (non-hydrogen) atoms. The summed E-state index contributed by atoms with van der Waals surface area (Å²) in [5, 5.41) is 28.2. The Bertz CT molecular complexity index is 728. The molecular formula is C13H13F3N4O3. The summed E-state index contributed by atoms with van der Waals surface area (Å²) in [6.07, 6.45) is -4.06. The van der Waals surface area contributed by atoms with Crippen molar-refractivity contribution in [1.82, 2.24) is 20.5 Å². The van der Waals surface area contributed by atoms with E-state index >= 15 is 0 Å². The van der Waals surface area contributed by atoms with Gasteiger partial charge in [-0.25, -0.2) is 0 Å². The molecule has 1 amide bonds. The maximum atomic E-state index is 12.1. The minimum Gasteiger partial charge on any atom is -0.508 e. The quantitative estimate of drug-likeness (QED) is 0.682. The summed E-state index contributed by atoms with van der Waals surface area (Å²) in [4.78, 5) is 14.0. The molecule has 0 aliphatic heterocycles. The van der Waals surface area contributed by atoms with Crippen LogP contribution in [0.2, 0.25) is 0 Å². The first-order valence-corrected chi connectivity index (χ1v) is 6.54. The lowest BCUT2D eigenvalue weighted by Crippen LogP contribution is -2.34. The molecule has 0 atom stereocenters. The summed E-state index contributed by atoms with van der Waals surface area (Å²) in [5.41, 5.74) is 0.694. The van der Waals surface area contributed by atoms with E-state index in [0.717, 1.165) is 6.07 Å². The molecular weight excluding hydrogens is 317 g/mol. The van der Waals surface area contributed by atoms with Gasteiger partial charge < -0.3 is 20.5 Å². The zero-order chi connectivity index (χ0) is 17.2. The van der Waals surface area contributed by atoms with Crippen LogP contribution in [0.4, 0.5) is 13.2 Å². The Balaban J connectivity index is 2.24. The molecule has 124 valence electrons. The number of aromatic amines is 1. The lowest BCUT2D eigenvalue weighted by atomic mass is 10.1. The van der Waals surface area contributed by atoms with Crippen molar-refractivity contribution in [2.24, 2.45) is 0 Å². The van der Waals surface area contributed by atoms with Crippen molar-refractivity contribution in [2.45, 2.75) is 19.5 Å². The Morgan fingerprint density at radius 3 is 2.57 bits per heavy atom. The molecule has 1 heterocycles. The van der Waals surface area contributed by atoms with Crippen LogP contribution in [0.3, 0.4) is 0 Å². The van der Waals surface area contributed by atoms with Gasteiger partial charge >= 0.3 is 6.18 Å². The van der Waals surface area contributed by atoms with Gasteiger partial charge in [0, 0.05) is 6.07 Å². The maximum absolute atomic E-state index is 12.1. The molecule has 0 bridgehead atoms. The number of phenolic OH excluding ortho intramolecular Hbond substituents is 2. The van der Waals surface area contributed by atoms with E-state index in [4.69, 9.17) is 0 Å². The lowest BCUT2D eigenvalue weighted by Gasteiger charge is -2.07. The van der Waals surface area contributed by atoms with Crippen molar-refractivity contribution in [3.8, 4) is 22.9 Å². The number of rotatable bonds is 4. The molecule has 7 nitrogen and oxygen atoms in total. The van der Waals surface area contributed by atoms with Gasteiger partial charge in [0.1, 0.15) is 18.0 Å². The molecule has 0 radical (unpaired) electrons. The normalized spacial score (nSPS) is 11.5. The molecule has 4 N–H and O–H groups in total. The highest BCUT2D eigenvalue weighted by molar-refractivity contribution is 5.91. The highest BCUT2D eigenvalue weighted by Crippen LogP contribution is 2.33. The second kappa shape index (κ2) is 6.15. The lowest BCUT2D eigenvalue weighted by molar-refractivity contribution is -0.123. The number of carbonyl (C=O) groups excluding carboxylic acids is 1. The van der Waals surface area contributed by atoms with Gasteiger partial charge in [-0.3, -0.25) is 4.79 Å². The zero-order valence-corrected chi connectivity index (χ0v) is 11.9. The van der Waals surface area contributed by atoms with Gasteiger partial charge in [0.25, 0.3) is 5.91 Å². The number of carbonyl (C=O) groups is 1. The SMILES string of the molecule is CCc1cc(-c2nnc(C(=O)NCC(F)(F)F)[nH]2)c(O)cc1O. The molecule has 0 saturated heterocycles. The first kappa shape index (κ1) is 16.6. The molecule has 0 spiro atoms. The number of nitrogens with one attached hydrogen (secondary N) is 2. The van der Waals surface area contributed by atoms with Crippen LogP contribution in [0.25, 0.3) is 11.4 Å². The standard InChI is InChI=1S/C13H13F3N4O3/c1-2-6-3-7(9(22)4-8(6)21)10-18-11(20-19-10)12(23)17-5-13(14,15)16/h3-4,21-22H,2,5H2,1H3,(H,17,23)(H,18,19,20). The number of aromatic nitrogens is 3. The smallest absolute Gasteiger partial charge is 0.405 e. The Morgan fingerprint density at radius 1 is 1.26 bits per heavy atom. The summed E-state index contributed by atoms with van der Waals surface area (Å²) >= 11 is 0.